The summed E-state index contributed by atoms with van der Waals surface area (Å²) in [6, 6.07) is 9.71. The van der Waals surface area contributed by atoms with Crippen molar-refractivity contribution in [1.29, 1.82) is 0 Å². The summed E-state index contributed by atoms with van der Waals surface area (Å²) < 4.78 is 2.05. The minimum atomic E-state index is 0.0770. The fraction of sp³-hybridized carbons (Fsp3) is 0.350. The number of imidazole rings is 1. The lowest BCUT2D eigenvalue weighted by molar-refractivity contribution is 0.0762. The Kier molecular flexibility index (Phi) is 4.67. The molecule has 26 heavy (non-hydrogen) atoms. The van der Waals surface area contributed by atoms with Crippen molar-refractivity contribution in [1.82, 2.24) is 24.3 Å². The number of aromatic nitrogens is 3. The second-order valence-corrected chi connectivity index (χ2v) is 6.76. The molecule has 0 unspecified atom stereocenters. The molecule has 1 aliphatic heterocycles. The molecule has 1 fully saturated rings. The molecule has 1 saturated heterocycles. The molecule has 0 bridgehead atoms. The van der Waals surface area contributed by atoms with E-state index in [1.54, 1.807) is 6.20 Å². The van der Waals surface area contributed by atoms with Gasteiger partial charge >= 0.3 is 0 Å². The topological polar surface area (TPSA) is 54.3 Å². The zero-order chi connectivity index (χ0) is 17.9. The van der Waals surface area contributed by atoms with Crippen LogP contribution in [0, 0.1) is 0 Å². The Hall–Kier alpha value is -2.73. The standard InChI is InChI=1S/C20H23N5O/c1-23-12-9-21-18(23)15-24-10-4-11-25(14-13-24)20(26)17-7-2-5-16-6-3-8-22-19(16)17/h2-3,5-9,12H,4,10-11,13-15H2,1H3. The monoisotopic (exact) mass is 349 g/mol. The highest BCUT2D eigenvalue weighted by Gasteiger charge is 2.22. The van der Waals surface area contributed by atoms with Gasteiger partial charge in [0.15, 0.2) is 0 Å². The van der Waals surface area contributed by atoms with Gasteiger partial charge in [0.25, 0.3) is 5.91 Å². The summed E-state index contributed by atoms with van der Waals surface area (Å²) in [7, 11) is 2.02. The van der Waals surface area contributed by atoms with Crippen LogP contribution < -0.4 is 0 Å². The molecule has 0 saturated carbocycles. The van der Waals surface area contributed by atoms with Crippen LogP contribution in [-0.2, 0) is 13.6 Å². The number of carbonyl (C=O) groups is 1. The van der Waals surface area contributed by atoms with Crippen molar-refractivity contribution >= 4 is 16.8 Å². The Labute approximate surface area is 153 Å². The first kappa shape index (κ1) is 16.7. The number of para-hydroxylation sites is 1. The third kappa shape index (κ3) is 3.32. The second kappa shape index (κ2) is 7.25. The summed E-state index contributed by atoms with van der Waals surface area (Å²) in [5.74, 6) is 1.14. The molecular weight excluding hydrogens is 326 g/mol. The van der Waals surface area contributed by atoms with Gasteiger partial charge in [-0.05, 0) is 18.6 Å². The van der Waals surface area contributed by atoms with Gasteiger partial charge in [-0.3, -0.25) is 14.7 Å². The zero-order valence-electron chi connectivity index (χ0n) is 15.0. The third-order valence-corrected chi connectivity index (χ3v) is 5.02. The Morgan fingerprint density at radius 2 is 1.92 bits per heavy atom. The Bertz CT molecular complexity index is 914. The number of amides is 1. The highest BCUT2D eigenvalue weighted by Crippen LogP contribution is 2.19. The van der Waals surface area contributed by atoms with Gasteiger partial charge in [-0.15, -0.1) is 0 Å². The maximum Gasteiger partial charge on any atom is 0.256 e. The predicted octanol–water partition coefficient (Wildman–Crippen LogP) is 2.32. The van der Waals surface area contributed by atoms with Gasteiger partial charge in [-0.1, -0.05) is 18.2 Å². The van der Waals surface area contributed by atoms with Crippen molar-refractivity contribution in [3.05, 3.63) is 60.3 Å². The fourth-order valence-corrected chi connectivity index (χ4v) is 3.53. The highest BCUT2D eigenvalue weighted by atomic mass is 16.2. The number of carbonyl (C=O) groups excluding carboxylic acids is 1. The average Bonchev–Trinajstić information content (AvgIpc) is 2.93. The maximum atomic E-state index is 13.1. The van der Waals surface area contributed by atoms with Crippen LogP contribution in [0.2, 0.25) is 0 Å². The summed E-state index contributed by atoms with van der Waals surface area (Å²) in [5.41, 5.74) is 1.48. The average molecular weight is 349 g/mol. The SMILES string of the molecule is Cn1ccnc1CN1CCCN(C(=O)c2cccc3cccnc23)CC1. The van der Waals surface area contributed by atoms with E-state index in [4.69, 9.17) is 0 Å². The number of benzene rings is 1. The van der Waals surface area contributed by atoms with E-state index in [-0.39, 0.29) is 5.91 Å². The van der Waals surface area contributed by atoms with Gasteiger partial charge in [0.2, 0.25) is 0 Å². The van der Waals surface area contributed by atoms with Crippen molar-refractivity contribution < 1.29 is 4.79 Å². The van der Waals surface area contributed by atoms with Crippen molar-refractivity contribution in [2.75, 3.05) is 26.2 Å². The molecular formula is C20H23N5O. The first-order valence-corrected chi connectivity index (χ1v) is 9.04. The quantitative estimate of drug-likeness (QED) is 0.728. The first-order valence-electron chi connectivity index (χ1n) is 9.04. The minimum Gasteiger partial charge on any atom is -0.337 e. The van der Waals surface area contributed by atoms with Gasteiger partial charge in [0.05, 0.1) is 17.6 Å². The number of fused-ring (bicyclic) bond motifs is 1. The molecule has 0 N–H and O–H groups in total. The summed E-state index contributed by atoms with van der Waals surface area (Å²) in [6.45, 7) is 4.16. The predicted molar refractivity (Wildman–Crippen MR) is 101 cm³/mol. The summed E-state index contributed by atoms with van der Waals surface area (Å²) in [4.78, 5) is 26.3. The molecule has 3 heterocycles. The smallest absolute Gasteiger partial charge is 0.256 e. The fourth-order valence-electron chi connectivity index (χ4n) is 3.53. The Morgan fingerprint density at radius 1 is 1.04 bits per heavy atom. The first-order chi connectivity index (χ1) is 12.7. The molecule has 1 amide bonds. The molecule has 0 spiro atoms. The molecule has 0 atom stereocenters. The van der Waals surface area contributed by atoms with Gasteiger partial charge in [-0.25, -0.2) is 4.98 Å². The van der Waals surface area contributed by atoms with Crippen LogP contribution in [0.1, 0.15) is 22.6 Å². The van der Waals surface area contributed by atoms with Crippen LogP contribution in [0.5, 0.6) is 0 Å². The second-order valence-electron chi connectivity index (χ2n) is 6.76. The van der Waals surface area contributed by atoms with E-state index in [2.05, 4.69) is 19.4 Å². The molecule has 0 aliphatic carbocycles. The molecule has 6 nitrogen and oxygen atoms in total. The molecule has 3 aromatic rings. The molecule has 1 aliphatic rings. The highest BCUT2D eigenvalue weighted by molar-refractivity contribution is 6.05. The molecule has 0 radical (unpaired) electrons. The van der Waals surface area contributed by atoms with Gasteiger partial charge in [0.1, 0.15) is 5.82 Å². The molecule has 4 rings (SSSR count). The zero-order valence-corrected chi connectivity index (χ0v) is 15.0. The van der Waals surface area contributed by atoms with E-state index in [1.165, 1.54) is 0 Å². The van der Waals surface area contributed by atoms with Crippen molar-refractivity contribution in [3.63, 3.8) is 0 Å². The van der Waals surface area contributed by atoms with Crippen LogP contribution >= 0.6 is 0 Å². The Morgan fingerprint density at radius 3 is 2.77 bits per heavy atom. The molecule has 1 aromatic carbocycles. The van der Waals surface area contributed by atoms with Crippen molar-refractivity contribution in [3.8, 4) is 0 Å². The van der Waals surface area contributed by atoms with Crippen LogP contribution in [0.25, 0.3) is 10.9 Å². The van der Waals surface area contributed by atoms with Crippen LogP contribution in [0.15, 0.2) is 48.9 Å². The van der Waals surface area contributed by atoms with Crippen LogP contribution in [0.4, 0.5) is 0 Å². The van der Waals surface area contributed by atoms with Crippen LogP contribution in [-0.4, -0.2) is 56.4 Å². The number of nitrogens with zero attached hydrogens (tertiary/aromatic N) is 5. The number of pyridine rings is 1. The van der Waals surface area contributed by atoms with E-state index in [0.717, 1.165) is 55.9 Å². The largest absolute Gasteiger partial charge is 0.337 e. The van der Waals surface area contributed by atoms with E-state index < -0.39 is 0 Å². The molecule has 134 valence electrons. The number of rotatable bonds is 3. The van der Waals surface area contributed by atoms with E-state index >= 15 is 0 Å². The van der Waals surface area contributed by atoms with Gasteiger partial charge < -0.3 is 9.47 Å². The van der Waals surface area contributed by atoms with Crippen LogP contribution in [0.3, 0.4) is 0 Å². The summed E-state index contributed by atoms with van der Waals surface area (Å²) in [6.07, 6.45) is 6.51. The van der Waals surface area contributed by atoms with Crippen molar-refractivity contribution in [2.45, 2.75) is 13.0 Å². The van der Waals surface area contributed by atoms with Gasteiger partial charge in [0, 0.05) is 57.2 Å². The minimum absolute atomic E-state index is 0.0770. The molecule has 2 aromatic heterocycles. The Balaban J connectivity index is 1.48. The van der Waals surface area contributed by atoms with E-state index in [0.29, 0.717) is 5.56 Å². The van der Waals surface area contributed by atoms with E-state index in [1.807, 2.05) is 54.7 Å². The number of hydrogen-bond donors (Lipinski definition) is 0. The molecule has 6 heteroatoms. The summed E-state index contributed by atoms with van der Waals surface area (Å²) in [5, 5.41) is 1.00. The third-order valence-electron chi connectivity index (χ3n) is 5.02. The lowest BCUT2D eigenvalue weighted by Crippen LogP contribution is -2.35. The van der Waals surface area contributed by atoms with Crippen molar-refractivity contribution in [2.24, 2.45) is 7.05 Å². The van der Waals surface area contributed by atoms with Gasteiger partial charge in [-0.2, -0.15) is 0 Å². The lowest BCUT2D eigenvalue weighted by Gasteiger charge is -2.22. The number of hydrogen-bond acceptors (Lipinski definition) is 4. The lowest BCUT2D eigenvalue weighted by atomic mass is 10.1. The van der Waals surface area contributed by atoms with E-state index in [9.17, 15) is 4.79 Å². The maximum absolute atomic E-state index is 13.1. The number of aryl methyl sites for hydroxylation is 1. The normalized spacial score (nSPS) is 16.0. The summed E-state index contributed by atoms with van der Waals surface area (Å²) >= 11 is 0.